The SMILES string of the molecule is CC(C)(C)Sc1cccc(F)n1.Fc1cccc(=S)[nH]1. The Morgan fingerprint density at radius 1 is 1.10 bits per heavy atom. The minimum Gasteiger partial charge on any atom is -0.323 e. The van der Waals surface area contributed by atoms with Crippen LogP contribution in [-0.4, -0.2) is 14.7 Å². The lowest BCUT2D eigenvalue weighted by molar-refractivity contribution is 0.571. The van der Waals surface area contributed by atoms with Crippen LogP contribution in [0.2, 0.25) is 0 Å². The largest absolute Gasteiger partial charge is 0.323 e. The van der Waals surface area contributed by atoms with Crippen LogP contribution in [0.15, 0.2) is 41.4 Å². The topological polar surface area (TPSA) is 28.7 Å². The first-order chi connectivity index (χ1) is 9.26. The summed E-state index contributed by atoms with van der Waals surface area (Å²) in [5.74, 6) is -0.804. The van der Waals surface area contributed by atoms with E-state index in [9.17, 15) is 8.78 Å². The highest BCUT2D eigenvalue weighted by atomic mass is 32.2. The van der Waals surface area contributed by atoms with Crippen molar-refractivity contribution < 1.29 is 8.78 Å². The van der Waals surface area contributed by atoms with Gasteiger partial charge in [-0.2, -0.15) is 8.78 Å². The fraction of sp³-hybridized carbons (Fsp3) is 0.286. The molecule has 0 saturated heterocycles. The molecule has 2 aromatic rings. The van der Waals surface area contributed by atoms with Crippen molar-refractivity contribution in [3.05, 3.63) is 52.9 Å². The normalized spacial score (nSPS) is 10.7. The lowest BCUT2D eigenvalue weighted by atomic mass is 10.3. The third kappa shape index (κ3) is 7.35. The lowest BCUT2D eigenvalue weighted by Gasteiger charge is -2.16. The lowest BCUT2D eigenvalue weighted by Crippen LogP contribution is -2.07. The van der Waals surface area contributed by atoms with Gasteiger partial charge in [0.05, 0.1) is 5.03 Å². The molecule has 0 aliphatic rings. The molecule has 108 valence electrons. The number of rotatable bonds is 1. The van der Waals surface area contributed by atoms with E-state index in [4.69, 9.17) is 0 Å². The molecule has 20 heavy (non-hydrogen) atoms. The average molecular weight is 314 g/mol. The molecule has 2 nitrogen and oxygen atoms in total. The van der Waals surface area contributed by atoms with Crippen molar-refractivity contribution >= 4 is 24.0 Å². The number of hydrogen-bond acceptors (Lipinski definition) is 3. The molecule has 0 atom stereocenters. The van der Waals surface area contributed by atoms with Gasteiger partial charge in [0.1, 0.15) is 4.64 Å². The molecule has 0 saturated carbocycles. The second-order valence-electron chi connectivity index (χ2n) is 4.88. The molecule has 0 unspecified atom stereocenters. The van der Waals surface area contributed by atoms with Gasteiger partial charge < -0.3 is 4.98 Å². The second-order valence-corrected chi connectivity index (χ2v) is 7.16. The first kappa shape index (κ1) is 16.8. The fourth-order valence-corrected chi connectivity index (χ4v) is 2.26. The number of thioether (sulfide) groups is 1. The van der Waals surface area contributed by atoms with Crippen LogP contribution in [0.1, 0.15) is 20.8 Å². The standard InChI is InChI=1S/C9H12FNS.C5H4FNS/c1-9(2,3)12-8-6-4-5-7(10)11-8;6-4-2-1-3-5(8)7-4/h4-6H,1-3H3;1-3H,(H,7,8). The fourth-order valence-electron chi connectivity index (χ4n) is 1.18. The van der Waals surface area contributed by atoms with E-state index in [0.717, 1.165) is 5.03 Å². The Hall–Kier alpha value is -1.27. The van der Waals surface area contributed by atoms with Crippen LogP contribution in [-0.2, 0) is 0 Å². The predicted molar refractivity (Wildman–Crippen MR) is 81.4 cm³/mol. The van der Waals surface area contributed by atoms with Crippen molar-refractivity contribution in [2.24, 2.45) is 0 Å². The Morgan fingerprint density at radius 3 is 2.20 bits per heavy atom. The van der Waals surface area contributed by atoms with Crippen LogP contribution < -0.4 is 0 Å². The van der Waals surface area contributed by atoms with Gasteiger partial charge in [0.2, 0.25) is 5.95 Å². The van der Waals surface area contributed by atoms with Crippen LogP contribution in [0, 0.1) is 16.5 Å². The molecule has 0 aliphatic carbocycles. The summed E-state index contributed by atoms with van der Waals surface area (Å²) in [6.07, 6.45) is 0. The van der Waals surface area contributed by atoms with Gasteiger partial charge in [-0.3, -0.25) is 0 Å². The van der Waals surface area contributed by atoms with Crippen molar-refractivity contribution in [2.45, 2.75) is 30.5 Å². The van der Waals surface area contributed by atoms with Crippen molar-refractivity contribution in [1.82, 2.24) is 9.97 Å². The predicted octanol–water partition coefficient (Wildman–Crippen LogP) is 4.99. The molecule has 0 radical (unpaired) electrons. The van der Waals surface area contributed by atoms with Gasteiger partial charge in [0.25, 0.3) is 0 Å². The van der Waals surface area contributed by atoms with E-state index < -0.39 is 11.9 Å². The van der Waals surface area contributed by atoms with Gasteiger partial charge in [0, 0.05) is 4.75 Å². The molecular weight excluding hydrogens is 298 g/mol. The third-order valence-electron chi connectivity index (χ3n) is 1.83. The summed E-state index contributed by atoms with van der Waals surface area (Å²) >= 11 is 6.17. The Bertz CT molecular complexity index is 606. The Morgan fingerprint density at radius 2 is 1.75 bits per heavy atom. The molecular formula is C14H16F2N2S2. The Balaban J connectivity index is 0.000000217. The average Bonchev–Trinajstić information content (AvgIpc) is 2.26. The highest BCUT2D eigenvalue weighted by Gasteiger charge is 2.12. The van der Waals surface area contributed by atoms with E-state index in [0.29, 0.717) is 4.64 Å². The molecule has 1 N–H and O–H groups in total. The maximum absolute atomic E-state index is 12.6. The maximum atomic E-state index is 12.6. The number of aromatic amines is 1. The van der Waals surface area contributed by atoms with Crippen molar-refractivity contribution in [3.8, 4) is 0 Å². The zero-order valence-electron chi connectivity index (χ0n) is 11.5. The van der Waals surface area contributed by atoms with Gasteiger partial charge in [-0.25, -0.2) is 4.98 Å². The first-order valence-corrected chi connectivity index (χ1v) is 7.15. The molecule has 6 heteroatoms. The smallest absolute Gasteiger partial charge is 0.213 e. The molecule has 0 fully saturated rings. The van der Waals surface area contributed by atoms with Gasteiger partial charge in [0.15, 0.2) is 5.95 Å². The van der Waals surface area contributed by atoms with E-state index in [2.05, 4.69) is 43.0 Å². The number of nitrogens with one attached hydrogen (secondary N) is 1. The Labute approximate surface area is 126 Å². The number of aromatic nitrogens is 2. The highest BCUT2D eigenvalue weighted by Crippen LogP contribution is 2.29. The molecule has 2 heterocycles. The van der Waals surface area contributed by atoms with Gasteiger partial charge >= 0.3 is 0 Å². The molecule has 0 amide bonds. The number of pyridine rings is 2. The van der Waals surface area contributed by atoms with E-state index >= 15 is 0 Å². The highest BCUT2D eigenvalue weighted by molar-refractivity contribution is 8.00. The van der Waals surface area contributed by atoms with Crippen LogP contribution in [0.3, 0.4) is 0 Å². The van der Waals surface area contributed by atoms with E-state index in [1.54, 1.807) is 30.0 Å². The number of nitrogens with zero attached hydrogens (tertiary/aromatic N) is 1. The first-order valence-electron chi connectivity index (χ1n) is 5.93. The molecule has 2 rings (SSSR count). The number of hydrogen-bond donors (Lipinski definition) is 1. The van der Waals surface area contributed by atoms with Crippen molar-refractivity contribution in [2.75, 3.05) is 0 Å². The molecule has 0 bridgehead atoms. The molecule has 0 aromatic carbocycles. The summed E-state index contributed by atoms with van der Waals surface area (Å²) in [4.78, 5) is 6.07. The summed E-state index contributed by atoms with van der Waals surface area (Å²) < 4.78 is 25.2. The van der Waals surface area contributed by atoms with E-state index in [-0.39, 0.29) is 4.75 Å². The minimum atomic E-state index is -0.413. The summed E-state index contributed by atoms with van der Waals surface area (Å²) in [5, 5.41) is 0.738. The molecule has 0 spiro atoms. The van der Waals surface area contributed by atoms with Crippen LogP contribution in [0.5, 0.6) is 0 Å². The van der Waals surface area contributed by atoms with Gasteiger partial charge in [-0.1, -0.05) is 45.1 Å². The second kappa shape index (κ2) is 7.50. The summed E-state index contributed by atoms with van der Waals surface area (Å²) in [6.45, 7) is 6.22. The van der Waals surface area contributed by atoms with Gasteiger partial charge in [-0.15, -0.1) is 11.8 Å². The number of H-pyrrole nitrogens is 1. The summed E-state index contributed by atoms with van der Waals surface area (Å²) in [5.41, 5.74) is 0. The summed E-state index contributed by atoms with van der Waals surface area (Å²) in [6, 6.07) is 9.35. The van der Waals surface area contributed by atoms with Crippen molar-refractivity contribution in [1.29, 1.82) is 0 Å². The quantitative estimate of drug-likeness (QED) is 0.456. The maximum Gasteiger partial charge on any atom is 0.213 e. The van der Waals surface area contributed by atoms with E-state index in [1.807, 2.05) is 6.07 Å². The number of halogens is 2. The summed E-state index contributed by atoms with van der Waals surface area (Å²) in [7, 11) is 0. The minimum absolute atomic E-state index is 0.0841. The van der Waals surface area contributed by atoms with E-state index in [1.165, 1.54) is 12.1 Å². The molecule has 0 aliphatic heterocycles. The van der Waals surface area contributed by atoms with Crippen LogP contribution in [0.25, 0.3) is 0 Å². The monoisotopic (exact) mass is 314 g/mol. The zero-order chi connectivity index (χ0) is 15.2. The Kier molecular flexibility index (Phi) is 6.29. The van der Waals surface area contributed by atoms with Gasteiger partial charge in [-0.05, 0) is 24.3 Å². The van der Waals surface area contributed by atoms with Crippen LogP contribution >= 0.6 is 24.0 Å². The molecule has 2 aromatic heterocycles. The van der Waals surface area contributed by atoms with Crippen molar-refractivity contribution in [3.63, 3.8) is 0 Å². The third-order valence-corrected chi connectivity index (χ3v) is 3.12. The zero-order valence-corrected chi connectivity index (χ0v) is 13.1. The van der Waals surface area contributed by atoms with Crippen LogP contribution in [0.4, 0.5) is 8.78 Å².